The highest BCUT2D eigenvalue weighted by atomic mass is 32.2. The van der Waals surface area contributed by atoms with E-state index in [1.165, 1.54) is 55.4 Å². The highest BCUT2D eigenvalue weighted by molar-refractivity contribution is 7.92. The Labute approximate surface area is 186 Å². The third-order valence-electron chi connectivity index (χ3n) is 5.03. The number of nitro benzene ring substituents is 1. The Balaban J connectivity index is 1.90. The average molecular weight is 483 g/mol. The van der Waals surface area contributed by atoms with Gasteiger partial charge in [0.2, 0.25) is 26.0 Å². The van der Waals surface area contributed by atoms with Gasteiger partial charge in [-0.15, -0.1) is 0 Å². The normalized spacial score (nSPS) is 13.8. The van der Waals surface area contributed by atoms with Gasteiger partial charge in [-0.25, -0.2) is 21.1 Å². The van der Waals surface area contributed by atoms with Crippen LogP contribution in [0.1, 0.15) is 5.56 Å². The number of carbonyl (C=O) groups excluding carboxylic acids is 1. The van der Waals surface area contributed by atoms with Gasteiger partial charge in [-0.05, 0) is 36.2 Å². The fourth-order valence-electron chi connectivity index (χ4n) is 3.38. The molecule has 0 radical (unpaired) electrons. The summed E-state index contributed by atoms with van der Waals surface area (Å²) in [6, 6.07) is 9.45. The van der Waals surface area contributed by atoms with Gasteiger partial charge in [-0.1, -0.05) is 6.07 Å². The number of sulfonamides is 2. The molecule has 0 aliphatic carbocycles. The molecule has 2 aromatic carbocycles. The van der Waals surface area contributed by atoms with Crippen molar-refractivity contribution in [1.29, 1.82) is 0 Å². The predicted octanol–water partition coefficient (Wildman–Crippen LogP) is 1.20. The molecule has 0 atom stereocenters. The molecule has 0 unspecified atom stereocenters. The van der Waals surface area contributed by atoms with Crippen molar-refractivity contribution in [2.75, 3.05) is 42.6 Å². The first-order valence-corrected chi connectivity index (χ1v) is 12.7. The molecule has 1 amide bonds. The number of non-ortho nitro benzene ring substituents is 1. The number of amides is 1. The Morgan fingerprint density at radius 1 is 1.12 bits per heavy atom. The first-order chi connectivity index (χ1) is 14.8. The number of hydrogen-bond acceptors (Lipinski definition) is 7. The van der Waals surface area contributed by atoms with E-state index in [9.17, 15) is 31.7 Å². The summed E-state index contributed by atoms with van der Waals surface area (Å²) in [4.78, 5) is 24.9. The van der Waals surface area contributed by atoms with Crippen LogP contribution in [0.4, 0.5) is 17.1 Å². The molecule has 32 heavy (non-hydrogen) atoms. The van der Waals surface area contributed by atoms with E-state index in [1.54, 1.807) is 0 Å². The van der Waals surface area contributed by atoms with Gasteiger partial charge in [0.15, 0.2) is 0 Å². The Morgan fingerprint density at radius 3 is 2.41 bits per heavy atom. The summed E-state index contributed by atoms with van der Waals surface area (Å²) in [5.41, 5.74) is 0.856. The van der Waals surface area contributed by atoms with Gasteiger partial charge in [-0.2, -0.15) is 0 Å². The van der Waals surface area contributed by atoms with Crippen molar-refractivity contribution in [3.05, 3.63) is 58.1 Å². The molecule has 3 rings (SSSR count). The van der Waals surface area contributed by atoms with Crippen molar-refractivity contribution in [1.82, 2.24) is 4.31 Å². The second-order valence-corrected chi connectivity index (χ2v) is 11.5. The maximum Gasteiger partial charge on any atom is 0.271 e. The third-order valence-corrected chi connectivity index (χ3v) is 7.99. The zero-order chi connectivity index (χ0) is 23.8. The SMILES string of the molecule is CN(C)S(=O)(=O)c1ccc2c(c1)CCN2C(=O)CN(c1cccc([N+](=O)[O-])c1)S(C)(=O)=O. The number of carbonyl (C=O) groups is 1. The highest BCUT2D eigenvalue weighted by Crippen LogP contribution is 2.31. The first-order valence-electron chi connectivity index (χ1n) is 9.40. The summed E-state index contributed by atoms with van der Waals surface area (Å²) in [6.45, 7) is -0.302. The zero-order valence-electron chi connectivity index (χ0n) is 17.6. The van der Waals surface area contributed by atoms with Gasteiger partial charge < -0.3 is 4.90 Å². The van der Waals surface area contributed by atoms with Crippen LogP contribution in [0.3, 0.4) is 0 Å². The molecule has 172 valence electrons. The Hall–Kier alpha value is -3.03. The fraction of sp³-hybridized carbons (Fsp3) is 0.316. The molecule has 2 aromatic rings. The Morgan fingerprint density at radius 2 is 1.81 bits per heavy atom. The summed E-state index contributed by atoms with van der Waals surface area (Å²) < 4.78 is 51.3. The average Bonchev–Trinajstić information content (AvgIpc) is 3.14. The second-order valence-electron chi connectivity index (χ2n) is 7.42. The standard InChI is InChI=1S/C19H22N4O7S2/c1-20(2)32(29,30)17-7-8-18-14(11-17)9-10-21(18)19(24)13-22(31(3,27)28)15-5-4-6-16(12-15)23(25)26/h4-8,11-12H,9-10,13H2,1-3H3. The molecule has 0 bridgehead atoms. The quantitative estimate of drug-likeness (QED) is 0.427. The molecule has 0 fully saturated rings. The van der Waals surface area contributed by atoms with Crippen LogP contribution in [0.5, 0.6) is 0 Å². The topological polar surface area (TPSA) is 138 Å². The molecule has 1 heterocycles. The summed E-state index contributed by atoms with van der Waals surface area (Å²) >= 11 is 0. The van der Waals surface area contributed by atoms with Crippen LogP contribution in [-0.2, 0) is 31.3 Å². The van der Waals surface area contributed by atoms with Gasteiger partial charge in [-0.3, -0.25) is 19.2 Å². The number of nitrogens with zero attached hydrogens (tertiary/aromatic N) is 4. The van der Waals surface area contributed by atoms with Gasteiger partial charge in [0.05, 0.1) is 21.8 Å². The molecular weight excluding hydrogens is 460 g/mol. The molecule has 0 N–H and O–H groups in total. The molecule has 1 aliphatic heterocycles. The summed E-state index contributed by atoms with van der Waals surface area (Å²) in [6.07, 6.45) is 1.32. The highest BCUT2D eigenvalue weighted by Gasteiger charge is 2.30. The van der Waals surface area contributed by atoms with Crippen molar-refractivity contribution >= 4 is 43.0 Å². The van der Waals surface area contributed by atoms with E-state index in [1.807, 2.05) is 0 Å². The molecule has 0 saturated carbocycles. The summed E-state index contributed by atoms with van der Waals surface area (Å²) in [7, 11) is -4.71. The minimum Gasteiger partial charge on any atom is -0.310 e. The second kappa shape index (κ2) is 8.48. The van der Waals surface area contributed by atoms with E-state index in [0.29, 0.717) is 17.7 Å². The monoisotopic (exact) mass is 482 g/mol. The molecule has 0 spiro atoms. The summed E-state index contributed by atoms with van der Waals surface area (Å²) in [5.74, 6) is -0.538. The summed E-state index contributed by atoms with van der Waals surface area (Å²) in [5, 5.41) is 11.1. The van der Waals surface area contributed by atoms with Gasteiger partial charge in [0, 0.05) is 38.5 Å². The fourth-order valence-corrected chi connectivity index (χ4v) is 5.17. The third kappa shape index (κ3) is 4.59. The Bertz CT molecular complexity index is 1290. The van der Waals surface area contributed by atoms with Crippen LogP contribution in [0.2, 0.25) is 0 Å². The lowest BCUT2D eigenvalue weighted by molar-refractivity contribution is -0.384. The van der Waals surface area contributed by atoms with Gasteiger partial charge in [0.1, 0.15) is 6.54 Å². The lowest BCUT2D eigenvalue weighted by atomic mass is 10.2. The number of hydrogen-bond donors (Lipinski definition) is 0. The predicted molar refractivity (Wildman–Crippen MR) is 119 cm³/mol. The lowest BCUT2D eigenvalue weighted by Gasteiger charge is -2.25. The molecule has 1 aliphatic rings. The van der Waals surface area contributed by atoms with Crippen LogP contribution < -0.4 is 9.21 Å². The van der Waals surface area contributed by atoms with Crippen LogP contribution in [0.25, 0.3) is 0 Å². The largest absolute Gasteiger partial charge is 0.310 e. The van der Waals surface area contributed by atoms with Crippen molar-refractivity contribution in [2.24, 2.45) is 0 Å². The molecular formula is C19H22N4O7S2. The zero-order valence-corrected chi connectivity index (χ0v) is 19.3. The van der Waals surface area contributed by atoms with Crippen molar-refractivity contribution in [3.63, 3.8) is 0 Å². The van der Waals surface area contributed by atoms with Crippen LogP contribution in [0.15, 0.2) is 47.4 Å². The first kappa shape index (κ1) is 23.6. The van der Waals surface area contributed by atoms with Gasteiger partial charge in [0.25, 0.3) is 5.69 Å². The minimum absolute atomic E-state index is 0.00175. The van der Waals surface area contributed by atoms with E-state index in [-0.39, 0.29) is 22.8 Å². The number of nitro groups is 1. The Kier molecular flexibility index (Phi) is 6.26. The van der Waals surface area contributed by atoms with E-state index < -0.39 is 37.4 Å². The van der Waals surface area contributed by atoms with E-state index in [2.05, 4.69) is 0 Å². The van der Waals surface area contributed by atoms with Gasteiger partial charge >= 0.3 is 0 Å². The molecule has 0 aromatic heterocycles. The smallest absolute Gasteiger partial charge is 0.271 e. The van der Waals surface area contributed by atoms with E-state index in [0.717, 1.165) is 20.9 Å². The lowest BCUT2D eigenvalue weighted by Crippen LogP contribution is -2.42. The number of anilines is 2. The van der Waals surface area contributed by atoms with E-state index in [4.69, 9.17) is 0 Å². The molecule has 13 heteroatoms. The van der Waals surface area contributed by atoms with E-state index >= 15 is 0 Å². The van der Waals surface area contributed by atoms with Crippen LogP contribution in [0, 0.1) is 10.1 Å². The molecule has 11 nitrogen and oxygen atoms in total. The molecule has 0 saturated heterocycles. The van der Waals surface area contributed by atoms with Crippen molar-refractivity contribution in [2.45, 2.75) is 11.3 Å². The number of benzene rings is 2. The minimum atomic E-state index is -3.92. The van der Waals surface area contributed by atoms with Crippen molar-refractivity contribution in [3.8, 4) is 0 Å². The number of fused-ring (bicyclic) bond motifs is 1. The van der Waals surface area contributed by atoms with Crippen LogP contribution >= 0.6 is 0 Å². The van der Waals surface area contributed by atoms with Crippen molar-refractivity contribution < 1.29 is 26.6 Å². The van der Waals surface area contributed by atoms with Crippen LogP contribution in [-0.4, -0.2) is 65.4 Å². The maximum absolute atomic E-state index is 13.0. The number of rotatable bonds is 7. The maximum atomic E-state index is 13.0.